The Labute approximate surface area is 178 Å². The Balaban J connectivity index is 1.34. The molecule has 0 saturated carbocycles. The van der Waals surface area contributed by atoms with E-state index in [0.29, 0.717) is 29.8 Å². The van der Waals surface area contributed by atoms with Crippen molar-refractivity contribution in [2.75, 3.05) is 24.7 Å². The summed E-state index contributed by atoms with van der Waals surface area (Å²) in [7, 11) is 0. The second kappa shape index (κ2) is 8.88. The minimum absolute atomic E-state index is 0.0782. The lowest BCUT2D eigenvalue weighted by Gasteiger charge is -2.30. The molecule has 29 heavy (non-hydrogen) atoms. The van der Waals surface area contributed by atoms with Crippen LogP contribution in [0.1, 0.15) is 24.7 Å². The zero-order valence-corrected chi connectivity index (χ0v) is 17.5. The number of halogens is 1. The molecule has 2 heterocycles. The third kappa shape index (κ3) is 4.74. The van der Waals surface area contributed by atoms with Crippen LogP contribution in [0, 0.1) is 0 Å². The van der Waals surface area contributed by atoms with Gasteiger partial charge in [-0.1, -0.05) is 28.9 Å². The molecule has 1 aromatic heterocycles. The number of thioether (sulfide) groups is 1. The molecule has 1 saturated heterocycles. The summed E-state index contributed by atoms with van der Waals surface area (Å²) in [6.07, 6.45) is 3.60. The van der Waals surface area contributed by atoms with Crippen molar-refractivity contribution in [3.05, 3.63) is 59.4 Å². The maximum absolute atomic E-state index is 12.5. The van der Waals surface area contributed by atoms with Crippen LogP contribution in [0.25, 0.3) is 11.4 Å². The summed E-state index contributed by atoms with van der Waals surface area (Å²) in [6, 6.07) is 15.2. The molecule has 1 fully saturated rings. The first-order valence-electron chi connectivity index (χ1n) is 9.42. The van der Waals surface area contributed by atoms with Gasteiger partial charge in [0.25, 0.3) is 0 Å². The van der Waals surface area contributed by atoms with Crippen molar-refractivity contribution in [2.45, 2.75) is 23.7 Å². The number of carbonyl (C=O) groups excluding carboxylic acids is 1. The van der Waals surface area contributed by atoms with E-state index in [9.17, 15) is 4.79 Å². The van der Waals surface area contributed by atoms with Gasteiger partial charge in [0.1, 0.15) is 0 Å². The van der Waals surface area contributed by atoms with E-state index in [4.69, 9.17) is 16.1 Å². The Morgan fingerprint density at radius 2 is 1.97 bits per heavy atom. The van der Waals surface area contributed by atoms with Gasteiger partial charge in [-0.15, -0.1) is 11.8 Å². The number of hydrogen-bond acceptors (Lipinski definition) is 5. The second-order valence-electron chi connectivity index (χ2n) is 6.89. The first-order valence-corrected chi connectivity index (χ1v) is 11.0. The minimum atomic E-state index is -0.0782. The third-order valence-electron chi connectivity index (χ3n) is 5.00. The number of carbonyl (C=O) groups is 1. The van der Waals surface area contributed by atoms with E-state index in [1.807, 2.05) is 59.7 Å². The second-order valence-corrected chi connectivity index (χ2v) is 8.20. The molecule has 1 N–H and O–H groups in total. The molecule has 4 rings (SSSR count). The Morgan fingerprint density at radius 3 is 2.66 bits per heavy atom. The molecule has 8 heteroatoms. The lowest BCUT2D eigenvalue weighted by molar-refractivity contribution is 0.187. The summed E-state index contributed by atoms with van der Waals surface area (Å²) >= 11 is 7.71. The predicted octanol–water partition coefficient (Wildman–Crippen LogP) is 5.52. The molecule has 0 radical (unpaired) electrons. The van der Waals surface area contributed by atoms with Crippen LogP contribution in [-0.2, 0) is 0 Å². The molecule has 150 valence electrons. The molecular weight excluding hydrogens is 408 g/mol. The fourth-order valence-corrected chi connectivity index (χ4v) is 3.95. The van der Waals surface area contributed by atoms with E-state index >= 15 is 0 Å². The van der Waals surface area contributed by atoms with Crippen LogP contribution in [0.2, 0.25) is 5.02 Å². The molecule has 1 aliphatic rings. The van der Waals surface area contributed by atoms with Gasteiger partial charge < -0.3 is 14.7 Å². The van der Waals surface area contributed by atoms with Gasteiger partial charge in [0.05, 0.1) is 0 Å². The number of anilines is 1. The Morgan fingerprint density at radius 1 is 1.21 bits per heavy atom. The van der Waals surface area contributed by atoms with Gasteiger partial charge >= 0.3 is 6.03 Å². The maximum Gasteiger partial charge on any atom is 0.321 e. The molecule has 0 bridgehead atoms. The quantitative estimate of drug-likeness (QED) is 0.553. The van der Waals surface area contributed by atoms with E-state index < -0.39 is 0 Å². The van der Waals surface area contributed by atoms with Gasteiger partial charge in [0.15, 0.2) is 0 Å². The number of benzene rings is 2. The zero-order chi connectivity index (χ0) is 20.2. The van der Waals surface area contributed by atoms with Gasteiger partial charge in [-0.2, -0.15) is 4.98 Å². The Bertz CT molecular complexity index is 984. The van der Waals surface area contributed by atoms with Crippen LogP contribution < -0.4 is 5.32 Å². The van der Waals surface area contributed by atoms with Gasteiger partial charge in [-0.3, -0.25) is 0 Å². The number of hydrogen-bond donors (Lipinski definition) is 1. The number of amides is 2. The summed E-state index contributed by atoms with van der Waals surface area (Å²) in [6.45, 7) is 1.29. The number of nitrogens with zero attached hydrogens (tertiary/aromatic N) is 3. The highest BCUT2D eigenvalue weighted by Crippen LogP contribution is 2.29. The molecule has 2 amide bonds. The molecule has 6 nitrogen and oxygen atoms in total. The molecule has 3 aromatic rings. The summed E-state index contributed by atoms with van der Waals surface area (Å²) in [4.78, 5) is 20.1. The summed E-state index contributed by atoms with van der Waals surface area (Å²) in [5.41, 5.74) is 1.63. The number of aromatic nitrogens is 2. The smallest absolute Gasteiger partial charge is 0.321 e. The van der Waals surface area contributed by atoms with Crippen LogP contribution in [0.3, 0.4) is 0 Å². The summed E-state index contributed by atoms with van der Waals surface area (Å²) in [5.74, 6) is 1.31. The first kappa shape index (κ1) is 19.8. The lowest BCUT2D eigenvalue weighted by Crippen LogP contribution is -2.40. The average molecular weight is 429 g/mol. The largest absolute Gasteiger partial charge is 0.339 e. The standard InChI is InChI=1S/C21H21ClN4O2S/c1-29-18-7-5-17(6-8-18)23-21(27)26-11-9-14(10-12-26)20-24-19(25-28-20)15-3-2-4-16(22)13-15/h2-8,13-14H,9-12H2,1H3,(H,23,27). The highest BCUT2D eigenvalue weighted by atomic mass is 35.5. The van der Waals surface area contributed by atoms with Gasteiger partial charge in [0, 0.05) is 40.2 Å². The van der Waals surface area contributed by atoms with Crippen LogP contribution in [0.4, 0.5) is 10.5 Å². The number of nitrogens with one attached hydrogen (secondary N) is 1. The van der Waals surface area contributed by atoms with Crippen molar-refractivity contribution in [1.82, 2.24) is 15.0 Å². The predicted molar refractivity (Wildman–Crippen MR) is 116 cm³/mol. The summed E-state index contributed by atoms with van der Waals surface area (Å²) in [5, 5.41) is 7.69. The van der Waals surface area contributed by atoms with Crippen molar-refractivity contribution in [1.29, 1.82) is 0 Å². The molecule has 2 aromatic carbocycles. The van der Waals surface area contributed by atoms with Gasteiger partial charge in [-0.05, 0) is 55.5 Å². The van der Waals surface area contributed by atoms with Crippen molar-refractivity contribution >= 4 is 35.1 Å². The minimum Gasteiger partial charge on any atom is -0.339 e. The van der Waals surface area contributed by atoms with Crippen LogP contribution in [0.15, 0.2) is 57.9 Å². The number of piperidine rings is 1. The van der Waals surface area contributed by atoms with Crippen molar-refractivity contribution < 1.29 is 9.32 Å². The van der Waals surface area contributed by atoms with E-state index in [1.54, 1.807) is 11.8 Å². The van der Waals surface area contributed by atoms with Crippen LogP contribution >= 0.6 is 23.4 Å². The van der Waals surface area contributed by atoms with Gasteiger partial charge in [0.2, 0.25) is 11.7 Å². The van der Waals surface area contributed by atoms with E-state index in [2.05, 4.69) is 15.5 Å². The van der Waals surface area contributed by atoms with Crippen molar-refractivity contribution in [3.8, 4) is 11.4 Å². The average Bonchev–Trinajstić information content (AvgIpc) is 3.25. The van der Waals surface area contributed by atoms with E-state index in [-0.39, 0.29) is 11.9 Å². The zero-order valence-electron chi connectivity index (χ0n) is 16.0. The van der Waals surface area contributed by atoms with Crippen LogP contribution in [-0.4, -0.2) is 40.4 Å². The van der Waals surface area contributed by atoms with Crippen molar-refractivity contribution in [2.24, 2.45) is 0 Å². The topological polar surface area (TPSA) is 71.3 Å². The normalized spacial score (nSPS) is 14.8. The maximum atomic E-state index is 12.5. The Kier molecular flexibility index (Phi) is 6.06. The number of rotatable bonds is 4. The lowest BCUT2D eigenvalue weighted by atomic mass is 9.97. The van der Waals surface area contributed by atoms with Gasteiger partial charge in [-0.25, -0.2) is 4.79 Å². The van der Waals surface area contributed by atoms with Crippen molar-refractivity contribution in [3.63, 3.8) is 0 Å². The molecule has 0 atom stereocenters. The number of likely N-dealkylation sites (tertiary alicyclic amines) is 1. The fraction of sp³-hybridized carbons (Fsp3) is 0.286. The van der Waals surface area contributed by atoms with E-state index in [1.165, 1.54) is 4.90 Å². The monoisotopic (exact) mass is 428 g/mol. The molecule has 0 aliphatic carbocycles. The Hall–Kier alpha value is -2.51. The van der Waals surface area contributed by atoms with Crippen LogP contribution in [0.5, 0.6) is 0 Å². The first-order chi connectivity index (χ1) is 14.1. The SMILES string of the molecule is CSc1ccc(NC(=O)N2CCC(c3nc(-c4cccc(Cl)c4)no3)CC2)cc1. The third-order valence-corrected chi connectivity index (χ3v) is 5.98. The molecule has 1 aliphatic heterocycles. The number of urea groups is 1. The highest BCUT2D eigenvalue weighted by Gasteiger charge is 2.27. The molecule has 0 unspecified atom stereocenters. The summed E-state index contributed by atoms with van der Waals surface area (Å²) < 4.78 is 5.49. The van der Waals surface area contributed by atoms with E-state index in [0.717, 1.165) is 24.1 Å². The molecule has 0 spiro atoms. The highest BCUT2D eigenvalue weighted by molar-refractivity contribution is 7.98. The fourth-order valence-electron chi connectivity index (χ4n) is 3.35. The molecular formula is C21H21ClN4O2S.